The molecule has 3 aromatic rings. The first-order chi connectivity index (χ1) is 14.2. The molecular formula is C21H23FN4OS2. The van der Waals surface area contributed by atoms with E-state index in [0.29, 0.717) is 24.2 Å². The van der Waals surface area contributed by atoms with Crippen LogP contribution in [0.2, 0.25) is 0 Å². The number of halogens is 1. The number of benzene rings is 1. The van der Waals surface area contributed by atoms with Crippen molar-refractivity contribution in [3.05, 3.63) is 58.3 Å². The third kappa shape index (κ3) is 5.05. The Kier molecular flexibility index (Phi) is 6.61. The summed E-state index contributed by atoms with van der Waals surface area (Å²) in [5.41, 5.74) is 1.41. The van der Waals surface area contributed by atoms with E-state index in [1.165, 1.54) is 9.90 Å². The Morgan fingerprint density at radius 3 is 2.66 bits per heavy atom. The lowest BCUT2D eigenvalue weighted by Gasteiger charge is -2.31. The first-order valence-electron chi connectivity index (χ1n) is 9.59. The molecule has 1 fully saturated rings. The van der Waals surface area contributed by atoms with E-state index >= 15 is 0 Å². The summed E-state index contributed by atoms with van der Waals surface area (Å²) in [7, 11) is 0. The average molecular weight is 431 g/mol. The van der Waals surface area contributed by atoms with Crippen LogP contribution in [0.3, 0.4) is 0 Å². The molecule has 0 N–H and O–H groups in total. The van der Waals surface area contributed by atoms with Crippen LogP contribution in [0.25, 0.3) is 0 Å². The predicted molar refractivity (Wildman–Crippen MR) is 116 cm³/mol. The lowest BCUT2D eigenvalue weighted by molar-refractivity contribution is 0.301. The van der Waals surface area contributed by atoms with Gasteiger partial charge in [-0.15, -0.1) is 23.1 Å². The number of rotatable bonds is 7. The van der Waals surface area contributed by atoms with E-state index in [0.717, 1.165) is 37.4 Å². The van der Waals surface area contributed by atoms with Crippen LogP contribution in [0.15, 0.2) is 46.8 Å². The molecule has 3 heterocycles. The largest absolute Gasteiger partial charge is 0.487 e. The fourth-order valence-corrected chi connectivity index (χ4v) is 4.73. The molecule has 0 atom stereocenters. The third-order valence-electron chi connectivity index (χ3n) is 4.98. The van der Waals surface area contributed by atoms with E-state index in [2.05, 4.69) is 38.6 Å². The van der Waals surface area contributed by atoms with Crippen molar-refractivity contribution in [1.29, 1.82) is 0 Å². The summed E-state index contributed by atoms with van der Waals surface area (Å²) in [4.78, 5) is 16.7. The van der Waals surface area contributed by atoms with E-state index in [1.807, 2.05) is 12.1 Å². The molecule has 0 aliphatic carbocycles. The molecule has 4 rings (SSSR count). The molecule has 1 aliphatic rings. The maximum Gasteiger partial charge on any atom is 0.225 e. The standard InChI is InChI=1S/C21H23FN4OS2/c1-28-19-4-2-18(3-5-19)27-13-17-14-29-20(24-17)15-7-10-26(11-8-15)21-23-9-6-16(12-22)25-21/h2-6,9,14-15H,7-8,10-13H2,1H3. The van der Waals surface area contributed by atoms with Gasteiger partial charge in [0, 0.05) is 35.5 Å². The molecular weight excluding hydrogens is 407 g/mol. The van der Waals surface area contributed by atoms with Gasteiger partial charge in [-0.25, -0.2) is 19.3 Å². The fourth-order valence-electron chi connectivity index (χ4n) is 3.34. The maximum absolute atomic E-state index is 12.8. The van der Waals surface area contributed by atoms with Gasteiger partial charge in [-0.2, -0.15) is 0 Å². The number of thiazole rings is 1. The zero-order chi connectivity index (χ0) is 20.1. The van der Waals surface area contributed by atoms with Gasteiger partial charge in [0.1, 0.15) is 19.0 Å². The fraction of sp³-hybridized carbons (Fsp3) is 0.381. The molecule has 8 heteroatoms. The second kappa shape index (κ2) is 9.54. The topological polar surface area (TPSA) is 51.1 Å². The summed E-state index contributed by atoms with van der Waals surface area (Å²) < 4.78 is 18.7. The maximum atomic E-state index is 12.8. The molecule has 0 saturated carbocycles. The van der Waals surface area contributed by atoms with Gasteiger partial charge in [-0.3, -0.25) is 0 Å². The third-order valence-corrected chi connectivity index (χ3v) is 6.78. The number of aromatic nitrogens is 3. The van der Waals surface area contributed by atoms with Gasteiger partial charge in [0.15, 0.2) is 0 Å². The molecule has 1 aliphatic heterocycles. The van der Waals surface area contributed by atoms with Crippen molar-refractivity contribution in [2.24, 2.45) is 0 Å². The molecule has 0 bridgehead atoms. The molecule has 0 radical (unpaired) electrons. The van der Waals surface area contributed by atoms with Crippen LogP contribution in [0.5, 0.6) is 5.75 Å². The van der Waals surface area contributed by atoms with Gasteiger partial charge in [0.2, 0.25) is 5.95 Å². The minimum Gasteiger partial charge on any atom is -0.487 e. The highest BCUT2D eigenvalue weighted by Gasteiger charge is 2.24. The molecule has 0 unspecified atom stereocenters. The second-order valence-electron chi connectivity index (χ2n) is 6.88. The quantitative estimate of drug-likeness (QED) is 0.487. The van der Waals surface area contributed by atoms with Crippen molar-refractivity contribution < 1.29 is 9.13 Å². The van der Waals surface area contributed by atoms with Gasteiger partial charge < -0.3 is 9.64 Å². The molecule has 0 amide bonds. The van der Waals surface area contributed by atoms with E-state index in [4.69, 9.17) is 9.72 Å². The van der Waals surface area contributed by atoms with E-state index in [9.17, 15) is 4.39 Å². The van der Waals surface area contributed by atoms with Crippen LogP contribution in [0, 0.1) is 0 Å². The summed E-state index contributed by atoms with van der Waals surface area (Å²) in [6.45, 7) is 1.64. The van der Waals surface area contributed by atoms with Crippen LogP contribution in [-0.4, -0.2) is 34.3 Å². The Labute approximate surface area is 178 Å². The Bertz CT molecular complexity index is 926. The van der Waals surface area contributed by atoms with E-state index in [-0.39, 0.29) is 0 Å². The number of thioether (sulfide) groups is 1. The molecule has 1 aromatic carbocycles. The van der Waals surface area contributed by atoms with Crippen molar-refractivity contribution in [3.63, 3.8) is 0 Å². The van der Waals surface area contributed by atoms with E-state index < -0.39 is 6.67 Å². The molecule has 5 nitrogen and oxygen atoms in total. The minimum absolute atomic E-state index is 0.435. The minimum atomic E-state index is -0.558. The lowest BCUT2D eigenvalue weighted by atomic mass is 9.98. The summed E-state index contributed by atoms with van der Waals surface area (Å²) in [5.74, 6) is 1.93. The second-order valence-corrected chi connectivity index (χ2v) is 8.65. The first-order valence-corrected chi connectivity index (χ1v) is 11.7. The van der Waals surface area contributed by atoms with Crippen molar-refractivity contribution in [2.75, 3.05) is 24.2 Å². The van der Waals surface area contributed by atoms with E-state index in [1.54, 1.807) is 35.4 Å². The van der Waals surface area contributed by atoms with Crippen LogP contribution in [-0.2, 0) is 13.3 Å². The zero-order valence-corrected chi connectivity index (χ0v) is 17.9. The van der Waals surface area contributed by atoms with Crippen molar-refractivity contribution >= 4 is 29.0 Å². The first kappa shape index (κ1) is 20.1. The van der Waals surface area contributed by atoms with Gasteiger partial charge in [0.25, 0.3) is 0 Å². The Morgan fingerprint density at radius 1 is 1.14 bits per heavy atom. The van der Waals surface area contributed by atoms with Crippen LogP contribution < -0.4 is 9.64 Å². The number of hydrogen-bond acceptors (Lipinski definition) is 7. The Balaban J connectivity index is 1.30. The molecule has 0 spiro atoms. The normalized spacial score (nSPS) is 14.9. The van der Waals surface area contributed by atoms with Crippen molar-refractivity contribution in [2.45, 2.75) is 36.9 Å². The lowest BCUT2D eigenvalue weighted by Crippen LogP contribution is -2.34. The SMILES string of the molecule is CSc1ccc(OCc2csc(C3CCN(c4nccc(CF)n4)CC3)n2)cc1. The van der Waals surface area contributed by atoms with Crippen molar-refractivity contribution in [1.82, 2.24) is 15.0 Å². The number of anilines is 1. The molecule has 29 heavy (non-hydrogen) atoms. The summed E-state index contributed by atoms with van der Waals surface area (Å²) in [6.07, 6.45) is 5.68. The Morgan fingerprint density at radius 2 is 1.93 bits per heavy atom. The monoisotopic (exact) mass is 430 g/mol. The van der Waals surface area contributed by atoms with Gasteiger partial charge in [-0.05, 0) is 49.4 Å². The summed E-state index contributed by atoms with van der Waals surface area (Å²) in [5, 5.41) is 3.26. The summed E-state index contributed by atoms with van der Waals surface area (Å²) >= 11 is 3.42. The van der Waals surface area contributed by atoms with Crippen LogP contribution in [0.1, 0.15) is 35.2 Å². The van der Waals surface area contributed by atoms with Gasteiger partial charge in [-0.1, -0.05) is 0 Å². The number of hydrogen-bond donors (Lipinski definition) is 0. The molecule has 2 aromatic heterocycles. The van der Waals surface area contributed by atoms with Gasteiger partial charge in [0.05, 0.1) is 16.4 Å². The number of piperidine rings is 1. The summed E-state index contributed by atoms with van der Waals surface area (Å²) in [6, 6.07) is 9.73. The number of nitrogens with zero attached hydrogens (tertiary/aromatic N) is 4. The molecule has 152 valence electrons. The highest BCUT2D eigenvalue weighted by atomic mass is 32.2. The Hall–Kier alpha value is -2.19. The van der Waals surface area contributed by atoms with Gasteiger partial charge >= 0.3 is 0 Å². The highest BCUT2D eigenvalue weighted by molar-refractivity contribution is 7.98. The predicted octanol–water partition coefficient (Wildman–Crippen LogP) is 5.09. The van der Waals surface area contributed by atoms with Crippen molar-refractivity contribution in [3.8, 4) is 5.75 Å². The average Bonchev–Trinajstić information content (AvgIpc) is 3.27. The smallest absolute Gasteiger partial charge is 0.225 e. The number of alkyl halides is 1. The van der Waals surface area contributed by atoms with Crippen LogP contribution >= 0.6 is 23.1 Å². The highest BCUT2D eigenvalue weighted by Crippen LogP contribution is 2.31. The zero-order valence-electron chi connectivity index (χ0n) is 16.3. The molecule has 1 saturated heterocycles. The van der Waals surface area contributed by atoms with Crippen LogP contribution in [0.4, 0.5) is 10.3 Å². The number of ether oxygens (including phenoxy) is 1.